The molecule has 0 saturated heterocycles. The van der Waals surface area contributed by atoms with E-state index in [9.17, 15) is 9.59 Å². The van der Waals surface area contributed by atoms with E-state index in [1.807, 2.05) is 13.0 Å². The molecule has 0 spiro atoms. The number of anilines is 2. The molecule has 0 radical (unpaired) electrons. The van der Waals surface area contributed by atoms with Gasteiger partial charge in [-0.25, -0.2) is 0 Å². The summed E-state index contributed by atoms with van der Waals surface area (Å²) in [6, 6.07) is 13.4. The molecule has 2 aromatic carbocycles. The Bertz CT molecular complexity index is 934. The van der Waals surface area contributed by atoms with Crippen LogP contribution >= 0.6 is 0 Å². The van der Waals surface area contributed by atoms with Crippen molar-refractivity contribution in [2.75, 3.05) is 10.6 Å². The molecule has 5 nitrogen and oxygen atoms in total. The molecule has 1 atom stereocenters. The molecule has 32 heavy (non-hydrogen) atoms. The predicted octanol–water partition coefficient (Wildman–Crippen LogP) is 6.43. The monoisotopic (exact) mass is 438 g/mol. The lowest BCUT2D eigenvalue weighted by atomic mass is 9.76. The van der Waals surface area contributed by atoms with Crippen LogP contribution in [0.2, 0.25) is 0 Å². The highest BCUT2D eigenvalue weighted by molar-refractivity contribution is 5.95. The van der Waals surface area contributed by atoms with E-state index in [-0.39, 0.29) is 16.7 Å². The summed E-state index contributed by atoms with van der Waals surface area (Å²) in [5, 5.41) is 5.50. The van der Waals surface area contributed by atoms with E-state index >= 15 is 0 Å². The standard InChI is InChI=1S/C27H38N2O3/c1-8-23(25(31)29-21-13-11-12-20(17-21)28-18-30)32-24-15-14-19(26(4,5)9-2)16-22(24)27(6,7)10-3/h11-18,23H,8-10H2,1-7H3,(H,28,30)(H,29,31). The minimum absolute atomic E-state index is 0.0687. The maximum atomic E-state index is 13.0. The van der Waals surface area contributed by atoms with E-state index in [0.717, 1.165) is 24.2 Å². The molecule has 2 amide bonds. The molecular formula is C27H38N2O3. The number of hydrogen-bond acceptors (Lipinski definition) is 3. The number of nitrogens with one attached hydrogen (secondary N) is 2. The summed E-state index contributed by atoms with van der Waals surface area (Å²) in [6.45, 7) is 15.2. The molecular weight excluding hydrogens is 400 g/mol. The molecule has 0 aliphatic rings. The fourth-order valence-electron chi connectivity index (χ4n) is 3.43. The van der Waals surface area contributed by atoms with Crippen LogP contribution in [-0.4, -0.2) is 18.4 Å². The molecule has 1 unspecified atom stereocenters. The van der Waals surface area contributed by atoms with Crippen LogP contribution in [0.3, 0.4) is 0 Å². The lowest BCUT2D eigenvalue weighted by Crippen LogP contribution is -2.33. The Hall–Kier alpha value is -2.82. The fourth-order valence-corrected chi connectivity index (χ4v) is 3.43. The van der Waals surface area contributed by atoms with E-state index in [2.05, 4.69) is 64.3 Å². The second kappa shape index (κ2) is 10.7. The van der Waals surface area contributed by atoms with Gasteiger partial charge in [-0.3, -0.25) is 9.59 Å². The van der Waals surface area contributed by atoms with Gasteiger partial charge in [0, 0.05) is 16.9 Å². The van der Waals surface area contributed by atoms with Crippen molar-refractivity contribution in [1.29, 1.82) is 0 Å². The molecule has 0 saturated carbocycles. The van der Waals surface area contributed by atoms with Crippen molar-refractivity contribution in [3.8, 4) is 5.75 Å². The number of rotatable bonds is 11. The van der Waals surface area contributed by atoms with Crippen LogP contribution in [0.4, 0.5) is 11.4 Å². The van der Waals surface area contributed by atoms with E-state index < -0.39 is 6.10 Å². The minimum Gasteiger partial charge on any atom is -0.480 e. The molecule has 5 heteroatoms. The Balaban J connectivity index is 2.32. The topological polar surface area (TPSA) is 67.4 Å². The lowest BCUT2D eigenvalue weighted by molar-refractivity contribution is -0.122. The summed E-state index contributed by atoms with van der Waals surface area (Å²) < 4.78 is 6.31. The van der Waals surface area contributed by atoms with Gasteiger partial charge >= 0.3 is 0 Å². The second-order valence-corrected chi connectivity index (χ2v) is 9.53. The molecule has 2 aromatic rings. The Kier molecular flexibility index (Phi) is 8.48. The fraction of sp³-hybridized carbons (Fsp3) is 0.481. The number of carbonyl (C=O) groups excluding carboxylic acids is 2. The van der Waals surface area contributed by atoms with Crippen LogP contribution < -0.4 is 15.4 Å². The van der Waals surface area contributed by atoms with Gasteiger partial charge in [-0.15, -0.1) is 0 Å². The number of ether oxygens (including phenoxy) is 1. The molecule has 0 heterocycles. The minimum atomic E-state index is -0.630. The SMILES string of the molecule is CCC(Oc1ccc(C(C)(C)CC)cc1C(C)(C)CC)C(=O)Nc1cccc(NC=O)c1. The summed E-state index contributed by atoms with van der Waals surface area (Å²) in [4.78, 5) is 23.7. The third kappa shape index (κ3) is 6.12. The summed E-state index contributed by atoms with van der Waals surface area (Å²) in [7, 11) is 0. The van der Waals surface area contributed by atoms with Crippen LogP contribution in [0.25, 0.3) is 0 Å². The van der Waals surface area contributed by atoms with Gasteiger partial charge in [-0.05, 0) is 59.9 Å². The van der Waals surface area contributed by atoms with Crippen LogP contribution in [0.1, 0.15) is 78.9 Å². The Morgan fingerprint density at radius 1 is 0.969 bits per heavy atom. The van der Waals surface area contributed by atoms with Crippen molar-refractivity contribution in [2.24, 2.45) is 0 Å². The highest BCUT2D eigenvalue weighted by Crippen LogP contribution is 2.39. The van der Waals surface area contributed by atoms with E-state index in [0.29, 0.717) is 24.2 Å². The first-order valence-corrected chi connectivity index (χ1v) is 11.5. The van der Waals surface area contributed by atoms with Crippen LogP contribution in [-0.2, 0) is 20.4 Å². The van der Waals surface area contributed by atoms with Gasteiger partial charge < -0.3 is 15.4 Å². The molecule has 0 aromatic heterocycles. The van der Waals surface area contributed by atoms with Gasteiger partial charge in [0.2, 0.25) is 6.41 Å². The average molecular weight is 439 g/mol. The molecule has 174 valence electrons. The molecule has 2 N–H and O–H groups in total. The maximum absolute atomic E-state index is 13.0. The Morgan fingerprint density at radius 2 is 1.62 bits per heavy atom. The molecule has 0 aliphatic carbocycles. The third-order valence-corrected chi connectivity index (χ3v) is 6.55. The maximum Gasteiger partial charge on any atom is 0.265 e. The van der Waals surface area contributed by atoms with Crippen LogP contribution in [0, 0.1) is 0 Å². The van der Waals surface area contributed by atoms with Gasteiger partial charge in [-0.1, -0.05) is 66.7 Å². The summed E-state index contributed by atoms with van der Waals surface area (Å²) in [5.41, 5.74) is 3.62. The van der Waals surface area contributed by atoms with Crippen molar-refractivity contribution >= 4 is 23.7 Å². The van der Waals surface area contributed by atoms with Gasteiger partial charge in [0.15, 0.2) is 6.10 Å². The van der Waals surface area contributed by atoms with Gasteiger partial charge in [0.1, 0.15) is 5.75 Å². The number of amides is 2. The molecule has 0 bridgehead atoms. The normalized spacial score (nSPS) is 12.7. The highest BCUT2D eigenvalue weighted by Gasteiger charge is 2.28. The first-order chi connectivity index (χ1) is 15.1. The second-order valence-electron chi connectivity index (χ2n) is 9.53. The Morgan fingerprint density at radius 3 is 2.22 bits per heavy atom. The lowest BCUT2D eigenvalue weighted by Gasteiger charge is -2.31. The van der Waals surface area contributed by atoms with E-state index in [1.165, 1.54) is 5.56 Å². The van der Waals surface area contributed by atoms with E-state index in [4.69, 9.17) is 4.74 Å². The third-order valence-electron chi connectivity index (χ3n) is 6.55. The first-order valence-electron chi connectivity index (χ1n) is 11.5. The largest absolute Gasteiger partial charge is 0.480 e. The molecule has 2 rings (SSSR count). The smallest absolute Gasteiger partial charge is 0.265 e. The average Bonchev–Trinajstić information content (AvgIpc) is 2.77. The zero-order chi connectivity index (χ0) is 23.9. The number of carbonyl (C=O) groups is 2. The van der Waals surface area contributed by atoms with Gasteiger partial charge in [0.25, 0.3) is 5.91 Å². The molecule has 0 aliphatic heterocycles. The number of hydrogen-bond donors (Lipinski definition) is 2. The van der Waals surface area contributed by atoms with Crippen LogP contribution in [0.5, 0.6) is 5.75 Å². The predicted molar refractivity (Wildman–Crippen MR) is 133 cm³/mol. The van der Waals surface area contributed by atoms with Crippen molar-refractivity contribution in [3.63, 3.8) is 0 Å². The van der Waals surface area contributed by atoms with Crippen molar-refractivity contribution < 1.29 is 14.3 Å². The number of benzene rings is 2. The zero-order valence-electron chi connectivity index (χ0n) is 20.5. The first kappa shape index (κ1) is 25.4. The van der Waals surface area contributed by atoms with E-state index in [1.54, 1.807) is 24.3 Å². The van der Waals surface area contributed by atoms with Crippen molar-refractivity contribution in [3.05, 3.63) is 53.6 Å². The van der Waals surface area contributed by atoms with Gasteiger partial charge in [0.05, 0.1) is 0 Å². The quantitative estimate of drug-likeness (QED) is 0.397. The zero-order valence-corrected chi connectivity index (χ0v) is 20.5. The van der Waals surface area contributed by atoms with Crippen molar-refractivity contribution in [2.45, 2.75) is 84.7 Å². The summed E-state index contributed by atoms with van der Waals surface area (Å²) in [6.07, 6.45) is 2.51. The Labute approximate surface area is 192 Å². The van der Waals surface area contributed by atoms with Crippen molar-refractivity contribution in [1.82, 2.24) is 0 Å². The van der Waals surface area contributed by atoms with Crippen LogP contribution in [0.15, 0.2) is 42.5 Å². The highest BCUT2D eigenvalue weighted by atomic mass is 16.5. The summed E-state index contributed by atoms with van der Waals surface area (Å²) in [5.74, 6) is 0.542. The molecule has 0 fully saturated rings. The summed E-state index contributed by atoms with van der Waals surface area (Å²) >= 11 is 0. The van der Waals surface area contributed by atoms with Gasteiger partial charge in [-0.2, -0.15) is 0 Å².